The Morgan fingerprint density at radius 2 is 2.04 bits per heavy atom. The topological polar surface area (TPSA) is 112 Å². The van der Waals surface area contributed by atoms with Crippen molar-refractivity contribution >= 4 is 62.0 Å². The summed E-state index contributed by atoms with van der Waals surface area (Å²) in [5.41, 5.74) is 0.753. The van der Waals surface area contributed by atoms with Crippen LogP contribution >= 0.6 is 23.7 Å². The maximum Gasteiger partial charge on any atom is 0.306 e. The Labute approximate surface area is 159 Å². The van der Waals surface area contributed by atoms with Crippen LogP contribution in [0.4, 0.5) is 0 Å². The second-order valence-corrected chi connectivity index (χ2v) is 8.73. The first kappa shape index (κ1) is 18.7. The highest BCUT2D eigenvalue weighted by Gasteiger charge is 2.37. The number of aliphatic imine (C=N–C) groups is 1. The number of amides is 1. The Kier molecular flexibility index (Phi) is 5.21. The van der Waals surface area contributed by atoms with Gasteiger partial charge in [-0.2, -0.15) is 17.8 Å². The first-order valence-electron chi connectivity index (χ1n) is 7.39. The molecule has 0 unspecified atom stereocenters. The van der Waals surface area contributed by atoms with E-state index in [1.54, 1.807) is 17.0 Å². The van der Waals surface area contributed by atoms with Crippen LogP contribution in [0.5, 0.6) is 5.75 Å². The van der Waals surface area contributed by atoms with Crippen molar-refractivity contribution in [3.63, 3.8) is 0 Å². The van der Waals surface area contributed by atoms with Crippen LogP contribution in [0, 0.1) is 5.41 Å². The Morgan fingerprint density at radius 1 is 1.35 bits per heavy atom. The molecule has 0 bridgehead atoms. The van der Waals surface area contributed by atoms with Crippen molar-refractivity contribution in [2.24, 2.45) is 9.39 Å². The van der Waals surface area contributed by atoms with E-state index >= 15 is 0 Å². The molecule has 0 spiro atoms. The zero-order chi connectivity index (χ0) is 18.9. The third kappa shape index (κ3) is 4.00. The van der Waals surface area contributed by atoms with E-state index in [9.17, 15) is 13.2 Å². The third-order valence-electron chi connectivity index (χ3n) is 3.21. The van der Waals surface area contributed by atoms with Crippen LogP contribution in [0.15, 0.2) is 39.2 Å². The molecule has 11 heteroatoms. The van der Waals surface area contributed by atoms with Crippen molar-refractivity contribution in [2.45, 2.75) is 6.92 Å². The smallest absolute Gasteiger partial charge is 0.306 e. The molecule has 26 heavy (non-hydrogen) atoms. The molecule has 1 aromatic rings. The number of hydrogen-bond donors (Lipinski definition) is 1. The molecule has 0 aromatic heterocycles. The lowest BCUT2D eigenvalue weighted by molar-refractivity contribution is -0.114. The molecule has 2 heterocycles. The van der Waals surface area contributed by atoms with Gasteiger partial charge in [-0.3, -0.25) is 10.2 Å². The van der Waals surface area contributed by atoms with Crippen molar-refractivity contribution < 1.29 is 17.4 Å². The molecular weight excluding hydrogens is 396 g/mol. The molecule has 0 saturated carbocycles. The van der Waals surface area contributed by atoms with E-state index in [1.165, 1.54) is 30.0 Å². The summed E-state index contributed by atoms with van der Waals surface area (Å²) in [6.07, 6.45) is 2.49. The molecule has 3 rings (SSSR count). The molecule has 1 N–H and O–H groups in total. The number of carbonyl (C=O) groups is 1. The fraction of sp³-hybridized carbons (Fsp3) is 0.200. The van der Waals surface area contributed by atoms with Gasteiger partial charge < -0.3 is 4.18 Å². The third-order valence-corrected chi connectivity index (χ3v) is 5.34. The van der Waals surface area contributed by atoms with Crippen LogP contribution < -0.4 is 4.18 Å². The van der Waals surface area contributed by atoms with E-state index in [0.29, 0.717) is 15.9 Å². The van der Waals surface area contributed by atoms with Crippen molar-refractivity contribution in [1.29, 1.82) is 5.41 Å². The highest BCUT2D eigenvalue weighted by molar-refractivity contribution is 8.19. The zero-order valence-corrected chi connectivity index (χ0v) is 16.2. The molecule has 8 nitrogen and oxygen atoms in total. The van der Waals surface area contributed by atoms with Crippen molar-refractivity contribution in [1.82, 2.24) is 4.90 Å². The maximum atomic E-state index is 12.3. The van der Waals surface area contributed by atoms with Gasteiger partial charge in [-0.15, -0.1) is 0 Å². The van der Waals surface area contributed by atoms with E-state index in [-0.39, 0.29) is 17.2 Å². The minimum atomic E-state index is -3.60. The van der Waals surface area contributed by atoms with Gasteiger partial charge in [0.2, 0.25) is 5.17 Å². The Hall–Kier alpha value is -2.11. The molecule has 0 fully saturated rings. The predicted octanol–water partition coefficient (Wildman–Crippen LogP) is 2.35. The summed E-state index contributed by atoms with van der Waals surface area (Å²) in [7, 11) is -3.60. The summed E-state index contributed by atoms with van der Waals surface area (Å²) in [6, 6.07) is 6.15. The minimum Gasteiger partial charge on any atom is -0.383 e. The molecule has 0 aliphatic carbocycles. The zero-order valence-electron chi connectivity index (χ0n) is 13.8. The van der Waals surface area contributed by atoms with Gasteiger partial charge in [-0.05, 0) is 29.5 Å². The van der Waals surface area contributed by atoms with E-state index in [4.69, 9.17) is 9.59 Å². The summed E-state index contributed by atoms with van der Waals surface area (Å²) < 4.78 is 31.3. The number of benzene rings is 1. The molecular formula is C15H14N4O4S3. The first-order chi connectivity index (χ1) is 12.3. The Bertz CT molecular complexity index is 965. The standard InChI is InChI=1S/C15H14N4O4S3/c1-3-24-15-18-25-14-17-13(20)11(12(16)19(14)15)8-9-4-6-10(7-5-9)23-26(2,21)22/h4-8,16H,3H2,1-2H3/b11-8-,16-12?. The lowest BCUT2D eigenvalue weighted by Crippen LogP contribution is -2.41. The van der Waals surface area contributed by atoms with E-state index in [2.05, 4.69) is 9.39 Å². The summed E-state index contributed by atoms with van der Waals surface area (Å²) in [5, 5.41) is 9.37. The fourth-order valence-electron chi connectivity index (χ4n) is 2.19. The van der Waals surface area contributed by atoms with Gasteiger partial charge in [0.15, 0.2) is 5.17 Å². The number of thioether (sulfide) groups is 1. The van der Waals surface area contributed by atoms with Gasteiger partial charge in [0, 0.05) is 0 Å². The second-order valence-electron chi connectivity index (χ2n) is 5.20. The number of amidine groups is 3. The van der Waals surface area contributed by atoms with Gasteiger partial charge in [0.1, 0.15) is 11.6 Å². The van der Waals surface area contributed by atoms with Crippen molar-refractivity contribution in [3.8, 4) is 5.75 Å². The molecule has 1 aromatic carbocycles. The molecule has 0 atom stereocenters. The quantitative estimate of drug-likeness (QED) is 0.460. The van der Waals surface area contributed by atoms with Crippen LogP contribution in [0.2, 0.25) is 0 Å². The number of nitrogens with one attached hydrogen (secondary N) is 1. The van der Waals surface area contributed by atoms with Crippen molar-refractivity contribution in [3.05, 3.63) is 35.4 Å². The van der Waals surface area contributed by atoms with Gasteiger partial charge >= 0.3 is 10.1 Å². The fourth-order valence-corrected chi connectivity index (χ4v) is 4.22. The number of rotatable bonds is 4. The maximum absolute atomic E-state index is 12.3. The average molecular weight is 411 g/mol. The molecule has 0 radical (unpaired) electrons. The monoisotopic (exact) mass is 410 g/mol. The molecule has 2 aliphatic rings. The summed E-state index contributed by atoms with van der Waals surface area (Å²) in [5.74, 6) is 0.458. The van der Waals surface area contributed by atoms with Crippen LogP contribution in [-0.4, -0.2) is 47.4 Å². The van der Waals surface area contributed by atoms with E-state index in [0.717, 1.165) is 24.0 Å². The number of hydrogen-bond acceptors (Lipinski definition) is 8. The van der Waals surface area contributed by atoms with Gasteiger partial charge in [0.05, 0.1) is 23.8 Å². The van der Waals surface area contributed by atoms with Crippen molar-refractivity contribution in [2.75, 3.05) is 12.0 Å². The van der Waals surface area contributed by atoms with Crippen LogP contribution in [-0.2, 0) is 14.9 Å². The summed E-state index contributed by atoms with van der Waals surface area (Å²) >= 11 is 2.54. The Balaban J connectivity index is 1.88. The lowest BCUT2D eigenvalue weighted by Gasteiger charge is -2.24. The molecule has 136 valence electrons. The lowest BCUT2D eigenvalue weighted by atomic mass is 10.1. The predicted molar refractivity (Wildman–Crippen MR) is 105 cm³/mol. The molecule has 2 aliphatic heterocycles. The van der Waals surface area contributed by atoms with Crippen LogP contribution in [0.1, 0.15) is 12.5 Å². The summed E-state index contributed by atoms with van der Waals surface area (Å²) in [4.78, 5) is 17.8. The Morgan fingerprint density at radius 3 is 2.65 bits per heavy atom. The van der Waals surface area contributed by atoms with E-state index in [1.807, 2.05) is 6.92 Å². The van der Waals surface area contributed by atoms with Gasteiger partial charge in [0.25, 0.3) is 5.91 Å². The van der Waals surface area contributed by atoms with E-state index < -0.39 is 16.0 Å². The highest BCUT2D eigenvalue weighted by atomic mass is 32.2. The first-order valence-corrected chi connectivity index (χ1v) is 11.0. The largest absolute Gasteiger partial charge is 0.383 e. The minimum absolute atomic E-state index is 0.0150. The highest BCUT2D eigenvalue weighted by Crippen LogP contribution is 2.31. The van der Waals surface area contributed by atoms with Crippen LogP contribution in [0.25, 0.3) is 6.08 Å². The van der Waals surface area contributed by atoms with Crippen LogP contribution in [0.3, 0.4) is 0 Å². The second kappa shape index (κ2) is 7.25. The number of carbonyl (C=O) groups excluding carboxylic acids is 1. The number of fused-ring (bicyclic) bond motifs is 1. The number of nitrogens with zero attached hydrogens (tertiary/aromatic N) is 3. The molecule has 1 amide bonds. The normalized spacial score (nSPS) is 18.7. The molecule has 0 saturated heterocycles. The van der Waals surface area contributed by atoms with Gasteiger partial charge in [-0.1, -0.05) is 30.8 Å². The average Bonchev–Trinajstić information content (AvgIpc) is 2.95. The van der Waals surface area contributed by atoms with Gasteiger partial charge in [-0.25, -0.2) is 4.90 Å². The summed E-state index contributed by atoms with van der Waals surface area (Å²) in [6.45, 7) is 1.97. The SMILES string of the molecule is CCSC1=NSC2=NC(=O)/C(=C\c3ccc(OS(C)(=O)=O)cc3)C(=N)N12.